The predicted octanol–water partition coefficient (Wildman–Crippen LogP) is 5.75. The minimum absolute atomic E-state index is 1.63. The fraction of sp³-hybridized carbons (Fsp3) is 0.400. The first-order valence-electron chi connectivity index (χ1n) is 8.57. The van der Waals surface area contributed by atoms with Crippen molar-refractivity contribution in [1.29, 1.82) is 0 Å². The van der Waals surface area contributed by atoms with E-state index in [4.69, 9.17) is 0 Å². The van der Waals surface area contributed by atoms with Crippen molar-refractivity contribution in [2.45, 2.75) is 37.1 Å². The summed E-state index contributed by atoms with van der Waals surface area (Å²) in [5, 5.41) is 0. The van der Waals surface area contributed by atoms with E-state index in [9.17, 15) is 93.4 Å². The Bertz CT molecular complexity index is 917. The molecule has 0 atom stereocenters. The molecule has 0 saturated carbocycles. The molecule has 0 aromatic rings. The second-order valence-corrected chi connectivity index (χ2v) is 11.2. The van der Waals surface area contributed by atoms with Crippen LogP contribution in [-0.4, -0.2) is 78.5 Å². The molecule has 0 aromatic carbocycles. The Hall–Kier alpha value is -2.71. The van der Waals surface area contributed by atoms with Crippen molar-refractivity contribution in [1.82, 2.24) is 0 Å². The van der Waals surface area contributed by atoms with E-state index in [1.807, 2.05) is 0 Å². The Labute approximate surface area is 215 Å². The van der Waals surface area contributed by atoms with Crippen molar-refractivity contribution in [3.8, 4) is 0 Å². The Morgan fingerprint density at radius 2 is 0.550 bits per heavy atom. The summed E-state index contributed by atoms with van der Waals surface area (Å²) >= 11 is -7.57. The van der Waals surface area contributed by atoms with Gasteiger partial charge in [-0.05, 0) is 0 Å². The normalized spacial score (nSPS) is 15.0. The molecule has 0 aliphatic carbocycles. The average Bonchev–Trinajstić information content (AvgIpc) is 2.67. The number of hydrogen-bond acceptors (Lipinski definition) is 6. The molecule has 0 heterocycles. The molecule has 0 saturated heterocycles. The van der Waals surface area contributed by atoms with Crippen LogP contribution >= 0.6 is 0 Å². The summed E-state index contributed by atoms with van der Waals surface area (Å²) in [6.45, 7) is 0. The summed E-state index contributed by atoms with van der Waals surface area (Å²) < 4.78 is 238. The van der Waals surface area contributed by atoms with Gasteiger partial charge in [-0.1, -0.05) is 0 Å². The van der Waals surface area contributed by atoms with Crippen molar-refractivity contribution in [3.05, 3.63) is 35.5 Å². The van der Waals surface area contributed by atoms with E-state index >= 15 is 0 Å². The first kappa shape index (κ1) is 37.3. The molecule has 0 aliphatic heterocycles. The molecule has 0 spiro atoms. The predicted molar refractivity (Wildman–Crippen MR) is 84.6 cm³/mol. The first-order valence-corrected chi connectivity index (χ1v) is 14.1. The molecular formula is C15H3F18O6Tl. The van der Waals surface area contributed by atoms with Crippen LogP contribution in [0, 0.1) is 0 Å². The van der Waals surface area contributed by atoms with Gasteiger partial charge >= 0.3 is 215 Å². The summed E-state index contributed by atoms with van der Waals surface area (Å²) in [4.78, 5) is 32.5. The van der Waals surface area contributed by atoms with E-state index in [1.54, 1.807) is 0 Å². The number of carbonyl (C=O) groups is 3. The molecule has 6 nitrogen and oxygen atoms in total. The van der Waals surface area contributed by atoms with Gasteiger partial charge in [-0.25, -0.2) is 0 Å². The summed E-state index contributed by atoms with van der Waals surface area (Å²) in [6.07, 6.45) is -42.8. The first-order chi connectivity index (χ1) is 17.4. The molecule has 0 amide bonds. The van der Waals surface area contributed by atoms with Gasteiger partial charge in [0, 0.05) is 0 Å². The molecule has 40 heavy (non-hydrogen) atoms. The van der Waals surface area contributed by atoms with Crippen LogP contribution in [0.4, 0.5) is 79.0 Å². The number of hydrogen-bond donors (Lipinski definition) is 0. The number of allylic oxidation sites excluding steroid dienone is 6. The van der Waals surface area contributed by atoms with Crippen LogP contribution in [-0.2, 0) is 22.4 Å². The fourth-order valence-electron chi connectivity index (χ4n) is 1.53. The van der Waals surface area contributed by atoms with Crippen molar-refractivity contribution in [2.75, 3.05) is 0 Å². The van der Waals surface area contributed by atoms with Gasteiger partial charge in [-0.3, -0.25) is 0 Å². The molecule has 0 aliphatic rings. The molecule has 0 radical (unpaired) electrons. The fourth-order valence-corrected chi connectivity index (χ4v) is 6.87. The zero-order chi connectivity index (χ0) is 32.3. The van der Waals surface area contributed by atoms with Crippen LogP contribution in [0.15, 0.2) is 35.5 Å². The van der Waals surface area contributed by atoms with Crippen molar-refractivity contribution < 1.29 is 101 Å². The third-order valence-electron chi connectivity index (χ3n) is 3.13. The topological polar surface area (TPSA) is 78.9 Å². The zero-order valence-electron chi connectivity index (χ0n) is 17.6. The molecule has 0 unspecified atom stereocenters. The van der Waals surface area contributed by atoms with E-state index in [1.165, 1.54) is 0 Å². The number of alkyl halides is 18. The molecule has 228 valence electrons. The van der Waals surface area contributed by atoms with Crippen LogP contribution < -0.4 is 0 Å². The van der Waals surface area contributed by atoms with Gasteiger partial charge < -0.3 is 0 Å². The molecule has 0 bridgehead atoms. The standard InChI is InChI=1S/3C5H2F6O2.Tl/c3*6-4(7,8)2(12)1-3(13)5(9,10)11;/h3*1,12H;/q;;;+3/p-3/b3*2-1-;. The van der Waals surface area contributed by atoms with E-state index in [0.29, 0.717) is 0 Å². The second kappa shape index (κ2) is 12.4. The van der Waals surface area contributed by atoms with E-state index < -0.39 is 114 Å². The minimum atomic E-state index is -7.57. The summed E-state index contributed by atoms with van der Waals surface area (Å²) in [5.74, 6) is -20.9. The van der Waals surface area contributed by atoms with E-state index in [0.717, 1.165) is 0 Å². The van der Waals surface area contributed by atoms with Gasteiger partial charge in [-0.15, -0.1) is 0 Å². The van der Waals surface area contributed by atoms with Gasteiger partial charge in [0.2, 0.25) is 0 Å². The molecule has 25 heteroatoms. The van der Waals surface area contributed by atoms with E-state index in [2.05, 4.69) is 8.06 Å². The van der Waals surface area contributed by atoms with Crippen LogP contribution in [0.1, 0.15) is 0 Å². The second-order valence-electron chi connectivity index (χ2n) is 6.25. The van der Waals surface area contributed by atoms with Gasteiger partial charge in [0.25, 0.3) is 0 Å². The molecule has 0 rings (SSSR count). The molecule has 0 N–H and O–H groups in total. The Morgan fingerprint density at radius 1 is 0.375 bits per heavy atom. The molecular weight excluding hydrogens is 823 g/mol. The van der Waals surface area contributed by atoms with Gasteiger partial charge in [0.05, 0.1) is 0 Å². The van der Waals surface area contributed by atoms with Gasteiger partial charge in [-0.2, -0.15) is 0 Å². The quantitative estimate of drug-likeness (QED) is 0.128. The average molecular weight is 826 g/mol. The number of rotatable bonds is 9. The summed E-state index contributed by atoms with van der Waals surface area (Å²) in [7, 11) is 0. The number of halogens is 18. The van der Waals surface area contributed by atoms with Crippen molar-refractivity contribution >= 4 is 41.4 Å². The maximum atomic E-state index is 13.0. The summed E-state index contributed by atoms with van der Waals surface area (Å²) in [6, 6.07) is 0. The zero-order valence-corrected chi connectivity index (χ0v) is 22.1. The summed E-state index contributed by atoms with van der Waals surface area (Å²) in [5.41, 5.74) is 0. The van der Waals surface area contributed by atoms with E-state index in [-0.39, 0.29) is 0 Å². The van der Waals surface area contributed by atoms with Crippen LogP contribution in [0.3, 0.4) is 0 Å². The van der Waals surface area contributed by atoms with Gasteiger partial charge in [0.15, 0.2) is 0 Å². The van der Waals surface area contributed by atoms with Crippen LogP contribution in [0.5, 0.6) is 0 Å². The number of carbonyl (C=O) groups excluding carboxylic acids is 3. The Balaban J connectivity index is 7.14. The SMILES string of the molecule is O=C(/C=C(\[O][Tl]([O]/C(=C\C(=O)C(F)(F)F)C(F)(F)F)[O]/C(=C\C(=O)C(F)(F)F)C(F)(F)F)C(F)(F)F)C(F)(F)F. The van der Waals surface area contributed by atoms with Gasteiger partial charge in [0.1, 0.15) is 0 Å². The third-order valence-corrected chi connectivity index (χ3v) is 8.34. The van der Waals surface area contributed by atoms with Crippen LogP contribution in [0.2, 0.25) is 0 Å². The maximum absolute atomic E-state index is 13.0. The number of ketones is 3. The van der Waals surface area contributed by atoms with Crippen molar-refractivity contribution in [3.63, 3.8) is 0 Å². The van der Waals surface area contributed by atoms with Crippen LogP contribution in [0.25, 0.3) is 0 Å². The third kappa shape index (κ3) is 12.6. The monoisotopic (exact) mass is 826 g/mol. The Morgan fingerprint density at radius 3 is 0.675 bits per heavy atom. The molecule has 0 aromatic heterocycles. The Kier molecular flexibility index (Phi) is 11.6. The molecule has 0 fully saturated rings. The van der Waals surface area contributed by atoms with Crippen molar-refractivity contribution in [2.24, 2.45) is 0 Å².